The molecular weight excluding hydrogens is 344 g/mol. The Kier molecular flexibility index (Phi) is 5.10. The first-order valence-corrected chi connectivity index (χ1v) is 9.99. The monoisotopic (exact) mass is 366 g/mol. The number of hydrogen-bond donors (Lipinski definition) is 1. The Bertz CT molecular complexity index is 754. The standard InChI is InChI=1S/C17H22N2O5S/c20-16(19-12-4-5-15(19)17(21)22)13-6-8-14(9-7-13)25(23,24)18-10-2-1-3-11-18/h6-9,15H,1-5,10-12H2,(H,21,22)/t15-/m1/s1. The lowest BCUT2D eigenvalue weighted by Gasteiger charge is -2.26. The minimum atomic E-state index is -3.53. The molecule has 2 heterocycles. The van der Waals surface area contributed by atoms with E-state index in [9.17, 15) is 23.1 Å². The fourth-order valence-electron chi connectivity index (χ4n) is 3.46. The first kappa shape index (κ1) is 17.9. The number of likely N-dealkylation sites (tertiary alicyclic amines) is 1. The van der Waals surface area contributed by atoms with Gasteiger partial charge in [0.1, 0.15) is 6.04 Å². The average molecular weight is 366 g/mol. The molecule has 0 aliphatic carbocycles. The molecule has 136 valence electrons. The Balaban J connectivity index is 1.78. The van der Waals surface area contributed by atoms with Crippen LogP contribution in [0.4, 0.5) is 0 Å². The van der Waals surface area contributed by atoms with Crippen LogP contribution in [0.25, 0.3) is 0 Å². The first-order valence-electron chi connectivity index (χ1n) is 8.55. The van der Waals surface area contributed by atoms with Crippen molar-refractivity contribution in [3.05, 3.63) is 29.8 Å². The highest BCUT2D eigenvalue weighted by atomic mass is 32.2. The van der Waals surface area contributed by atoms with Crippen LogP contribution in [0, 0.1) is 0 Å². The highest BCUT2D eigenvalue weighted by molar-refractivity contribution is 7.89. The van der Waals surface area contributed by atoms with Crippen molar-refractivity contribution >= 4 is 21.9 Å². The molecule has 0 spiro atoms. The molecule has 1 aromatic carbocycles. The van der Waals surface area contributed by atoms with Crippen molar-refractivity contribution in [1.29, 1.82) is 0 Å². The van der Waals surface area contributed by atoms with Crippen LogP contribution < -0.4 is 0 Å². The number of benzene rings is 1. The number of carbonyl (C=O) groups excluding carboxylic acids is 1. The van der Waals surface area contributed by atoms with Crippen molar-refractivity contribution in [1.82, 2.24) is 9.21 Å². The van der Waals surface area contributed by atoms with E-state index in [2.05, 4.69) is 0 Å². The number of hydrogen-bond acceptors (Lipinski definition) is 4. The number of piperidine rings is 1. The van der Waals surface area contributed by atoms with Crippen molar-refractivity contribution in [3.63, 3.8) is 0 Å². The molecule has 1 aromatic rings. The number of carbonyl (C=O) groups is 2. The summed E-state index contributed by atoms with van der Waals surface area (Å²) in [5.74, 6) is -1.37. The van der Waals surface area contributed by atoms with Gasteiger partial charge in [0.2, 0.25) is 10.0 Å². The highest BCUT2D eigenvalue weighted by Crippen LogP contribution is 2.23. The maximum absolute atomic E-state index is 12.6. The van der Waals surface area contributed by atoms with Gasteiger partial charge in [-0.3, -0.25) is 4.79 Å². The van der Waals surface area contributed by atoms with Crippen molar-refractivity contribution in [2.45, 2.75) is 43.0 Å². The third-order valence-electron chi connectivity index (χ3n) is 4.85. The summed E-state index contributed by atoms with van der Waals surface area (Å²) in [6.07, 6.45) is 3.87. The number of nitrogens with zero attached hydrogens (tertiary/aromatic N) is 2. The molecule has 0 aromatic heterocycles. The maximum Gasteiger partial charge on any atom is 0.326 e. The molecule has 0 radical (unpaired) electrons. The van der Waals surface area contributed by atoms with Gasteiger partial charge in [0, 0.05) is 25.2 Å². The molecule has 0 unspecified atom stereocenters. The molecule has 2 aliphatic heterocycles. The molecular formula is C17H22N2O5S. The van der Waals surface area contributed by atoms with E-state index >= 15 is 0 Å². The van der Waals surface area contributed by atoms with Gasteiger partial charge in [0.05, 0.1) is 4.90 Å². The van der Waals surface area contributed by atoms with Crippen LogP contribution in [0.1, 0.15) is 42.5 Å². The fourth-order valence-corrected chi connectivity index (χ4v) is 4.97. The summed E-state index contributed by atoms with van der Waals surface area (Å²) in [7, 11) is -3.53. The normalized spacial score (nSPS) is 22.1. The fraction of sp³-hybridized carbons (Fsp3) is 0.529. The molecule has 2 fully saturated rings. The number of carboxylic acid groups (broad SMARTS) is 1. The van der Waals surface area contributed by atoms with E-state index in [-0.39, 0.29) is 10.8 Å². The zero-order chi connectivity index (χ0) is 18.0. The number of amides is 1. The van der Waals surface area contributed by atoms with E-state index in [1.165, 1.54) is 33.5 Å². The number of aliphatic carboxylic acids is 1. The second-order valence-electron chi connectivity index (χ2n) is 6.48. The van der Waals surface area contributed by atoms with Gasteiger partial charge in [-0.15, -0.1) is 0 Å². The van der Waals surface area contributed by atoms with Gasteiger partial charge in [-0.2, -0.15) is 4.31 Å². The lowest BCUT2D eigenvalue weighted by Crippen LogP contribution is -2.40. The summed E-state index contributed by atoms with van der Waals surface area (Å²) < 4.78 is 26.7. The van der Waals surface area contributed by atoms with E-state index in [1.807, 2.05) is 0 Å². The second-order valence-corrected chi connectivity index (χ2v) is 8.42. The van der Waals surface area contributed by atoms with Crippen molar-refractivity contribution in [2.75, 3.05) is 19.6 Å². The SMILES string of the molecule is O=C(O)[C@H]1CCCN1C(=O)c1ccc(S(=O)(=O)N2CCCCC2)cc1. The third-order valence-corrected chi connectivity index (χ3v) is 6.77. The predicted octanol–water partition coefficient (Wildman–Crippen LogP) is 1.55. The van der Waals surface area contributed by atoms with Crippen LogP contribution >= 0.6 is 0 Å². The lowest BCUT2D eigenvalue weighted by molar-refractivity contribution is -0.141. The molecule has 0 bridgehead atoms. The Morgan fingerprint density at radius 3 is 2.20 bits per heavy atom. The molecule has 3 rings (SSSR count). The van der Waals surface area contributed by atoms with Crippen LogP contribution in [0.2, 0.25) is 0 Å². The van der Waals surface area contributed by atoms with E-state index < -0.39 is 22.0 Å². The largest absolute Gasteiger partial charge is 0.480 e. The number of rotatable bonds is 4. The van der Waals surface area contributed by atoms with Gasteiger partial charge in [-0.25, -0.2) is 13.2 Å². The smallest absolute Gasteiger partial charge is 0.326 e. The molecule has 1 atom stereocenters. The average Bonchev–Trinajstić information content (AvgIpc) is 3.12. The van der Waals surface area contributed by atoms with E-state index in [0.29, 0.717) is 38.0 Å². The second kappa shape index (κ2) is 7.13. The quantitative estimate of drug-likeness (QED) is 0.872. The molecule has 0 saturated carbocycles. The van der Waals surface area contributed by atoms with E-state index in [0.717, 1.165) is 19.3 Å². The molecule has 1 amide bonds. The number of sulfonamides is 1. The summed E-state index contributed by atoms with van der Waals surface area (Å²) in [6, 6.07) is 5.00. The van der Waals surface area contributed by atoms with Gasteiger partial charge >= 0.3 is 5.97 Å². The summed E-state index contributed by atoms with van der Waals surface area (Å²) in [6.45, 7) is 1.46. The summed E-state index contributed by atoms with van der Waals surface area (Å²) in [4.78, 5) is 25.3. The maximum atomic E-state index is 12.6. The zero-order valence-corrected chi connectivity index (χ0v) is 14.7. The Morgan fingerprint density at radius 1 is 0.960 bits per heavy atom. The summed E-state index contributed by atoms with van der Waals surface area (Å²) in [5.41, 5.74) is 0.311. The van der Waals surface area contributed by atoms with Gasteiger partial charge in [-0.1, -0.05) is 6.42 Å². The molecule has 1 N–H and O–H groups in total. The Morgan fingerprint density at radius 2 is 1.60 bits per heavy atom. The molecule has 2 saturated heterocycles. The van der Waals surface area contributed by atoms with Crippen molar-refractivity contribution < 1.29 is 23.1 Å². The number of carboxylic acids is 1. The van der Waals surface area contributed by atoms with Gasteiger partial charge < -0.3 is 10.0 Å². The zero-order valence-electron chi connectivity index (χ0n) is 13.9. The van der Waals surface area contributed by atoms with E-state index in [1.54, 1.807) is 0 Å². The minimum Gasteiger partial charge on any atom is -0.480 e. The molecule has 7 nitrogen and oxygen atoms in total. The van der Waals surface area contributed by atoms with Crippen LogP contribution in [0.3, 0.4) is 0 Å². The topological polar surface area (TPSA) is 95.0 Å². The highest BCUT2D eigenvalue weighted by Gasteiger charge is 2.34. The van der Waals surface area contributed by atoms with Crippen LogP contribution in [-0.2, 0) is 14.8 Å². The first-order chi connectivity index (χ1) is 11.9. The van der Waals surface area contributed by atoms with Crippen LogP contribution in [0.15, 0.2) is 29.2 Å². The predicted molar refractivity (Wildman–Crippen MR) is 90.7 cm³/mol. The minimum absolute atomic E-state index is 0.169. The molecule has 8 heteroatoms. The van der Waals surface area contributed by atoms with Crippen LogP contribution in [-0.4, -0.2) is 60.3 Å². The van der Waals surface area contributed by atoms with Gasteiger partial charge in [0.25, 0.3) is 5.91 Å². The Hall–Kier alpha value is -1.93. The van der Waals surface area contributed by atoms with Gasteiger partial charge in [0.15, 0.2) is 0 Å². The third kappa shape index (κ3) is 3.55. The van der Waals surface area contributed by atoms with Crippen molar-refractivity contribution in [3.8, 4) is 0 Å². The van der Waals surface area contributed by atoms with Crippen molar-refractivity contribution in [2.24, 2.45) is 0 Å². The summed E-state index contributed by atoms with van der Waals surface area (Å²) >= 11 is 0. The molecule has 25 heavy (non-hydrogen) atoms. The van der Waals surface area contributed by atoms with E-state index in [4.69, 9.17) is 0 Å². The van der Waals surface area contributed by atoms with Crippen LogP contribution in [0.5, 0.6) is 0 Å². The van der Waals surface area contributed by atoms with Gasteiger partial charge in [-0.05, 0) is 49.9 Å². The lowest BCUT2D eigenvalue weighted by atomic mass is 10.1. The molecule has 2 aliphatic rings. The summed E-state index contributed by atoms with van der Waals surface area (Å²) in [5, 5.41) is 9.20. The Labute approximate surface area is 147 Å².